The minimum Gasteiger partial charge on any atom is -0.361 e. The van der Waals surface area contributed by atoms with Crippen LogP contribution in [0.3, 0.4) is 0 Å². The molecule has 0 saturated carbocycles. The highest BCUT2D eigenvalue weighted by Gasteiger charge is 2.36. The van der Waals surface area contributed by atoms with E-state index in [1.54, 1.807) is 0 Å². The number of benzene rings is 3. The van der Waals surface area contributed by atoms with Crippen molar-refractivity contribution in [3.05, 3.63) is 114 Å². The summed E-state index contributed by atoms with van der Waals surface area (Å²) in [5.74, 6) is 0.803. The predicted octanol–water partition coefficient (Wildman–Crippen LogP) is 4.91. The third-order valence-electron chi connectivity index (χ3n) is 7.66. The number of anilines is 2. The fourth-order valence-corrected chi connectivity index (χ4v) is 5.59. The lowest BCUT2D eigenvalue weighted by Crippen LogP contribution is -2.40. The smallest absolute Gasteiger partial charge is 0.231 e. The summed E-state index contributed by atoms with van der Waals surface area (Å²) in [4.78, 5) is 28.7. The Morgan fingerprint density at radius 3 is 2.51 bits per heavy atom. The molecule has 4 heterocycles. The van der Waals surface area contributed by atoms with Gasteiger partial charge in [-0.15, -0.1) is 0 Å². The molecule has 9 nitrogen and oxygen atoms in total. The summed E-state index contributed by atoms with van der Waals surface area (Å²) in [6.07, 6.45) is 2.89. The van der Waals surface area contributed by atoms with Gasteiger partial charge in [-0.25, -0.2) is 0 Å². The van der Waals surface area contributed by atoms with E-state index < -0.39 is 5.92 Å². The standard InChI is InChI=1S/C32H30N8O/c41-31(35-17-21-9-3-1-4-10-21)25-20-40(19-22-11-5-2-6-12-22)30-27-28(25)38-39-29(27)36-32(37-30)33-16-15-23-18-34-26-14-8-7-13-24(23)26/h1-14,18,25,34H,15-17,19-20H2,(H,35,41)(H2,33,36,37,38,39). The summed E-state index contributed by atoms with van der Waals surface area (Å²) in [7, 11) is 0. The Labute approximate surface area is 237 Å². The number of nitrogens with one attached hydrogen (secondary N) is 4. The average molecular weight is 543 g/mol. The zero-order valence-corrected chi connectivity index (χ0v) is 22.5. The molecule has 0 radical (unpaired) electrons. The lowest BCUT2D eigenvalue weighted by molar-refractivity contribution is -0.122. The Bertz CT molecular complexity index is 1810. The topological polar surface area (TPSA) is 115 Å². The quantitative estimate of drug-likeness (QED) is 0.206. The molecule has 1 unspecified atom stereocenters. The molecule has 0 aliphatic carbocycles. The van der Waals surface area contributed by atoms with Crippen LogP contribution in [0.2, 0.25) is 0 Å². The summed E-state index contributed by atoms with van der Waals surface area (Å²) in [6, 6.07) is 28.5. The van der Waals surface area contributed by atoms with E-state index in [0.29, 0.717) is 43.5 Å². The monoisotopic (exact) mass is 542 g/mol. The highest BCUT2D eigenvalue weighted by molar-refractivity contribution is 5.98. The second kappa shape index (κ2) is 10.8. The number of carbonyl (C=O) groups excluding carboxylic acids is 1. The number of rotatable bonds is 9. The number of nitrogens with zero attached hydrogens (tertiary/aromatic N) is 4. The van der Waals surface area contributed by atoms with Crippen molar-refractivity contribution in [3.8, 4) is 0 Å². The van der Waals surface area contributed by atoms with Crippen LogP contribution < -0.4 is 15.5 Å². The van der Waals surface area contributed by atoms with Crippen molar-refractivity contribution >= 4 is 39.6 Å². The van der Waals surface area contributed by atoms with E-state index in [0.717, 1.165) is 34.3 Å². The van der Waals surface area contributed by atoms with Crippen molar-refractivity contribution in [2.24, 2.45) is 0 Å². The molecule has 0 fully saturated rings. The first kappa shape index (κ1) is 24.8. The predicted molar refractivity (Wildman–Crippen MR) is 161 cm³/mol. The molecular formula is C32H30N8O. The molecule has 1 atom stereocenters. The third-order valence-corrected chi connectivity index (χ3v) is 7.66. The lowest BCUT2D eigenvalue weighted by atomic mass is 9.96. The maximum atomic E-state index is 13.5. The Balaban J connectivity index is 1.16. The number of aromatic nitrogens is 5. The van der Waals surface area contributed by atoms with Crippen molar-refractivity contribution < 1.29 is 4.79 Å². The third kappa shape index (κ3) is 4.98. The summed E-state index contributed by atoms with van der Waals surface area (Å²) in [6.45, 7) is 2.23. The molecular weight excluding hydrogens is 512 g/mol. The number of amides is 1. The van der Waals surface area contributed by atoms with Crippen molar-refractivity contribution in [2.75, 3.05) is 23.3 Å². The summed E-state index contributed by atoms with van der Waals surface area (Å²) in [5.41, 5.74) is 5.89. The van der Waals surface area contributed by atoms with E-state index in [1.165, 1.54) is 10.9 Å². The van der Waals surface area contributed by atoms with E-state index >= 15 is 0 Å². The fraction of sp³-hybridized carbons (Fsp3) is 0.188. The van der Waals surface area contributed by atoms with Crippen LogP contribution in [0.25, 0.3) is 21.9 Å². The molecule has 1 amide bonds. The van der Waals surface area contributed by atoms with Crippen LogP contribution >= 0.6 is 0 Å². The highest BCUT2D eigenvalue weighted by atomic mass is 16.1. The molecule has 0 saturated heterocycles. The molecule has 41 heavy (non-hydrogen) atoms. The molecule has 0 spiro atoms. The number of H-pyrrole nitrogens is 2. The minimum absolute atomic E-state index is 0.0631. The average Bonchev–Trinajstić information content (AvgIpc) is 3.63. The summed E-state index contributed by atoms with van der Waals surface area (Å²) < 4.78 is 0. The largest absolute Gasteiger partial charge is 0.361 e. The van der Waals surface area contributed by atoms with Crippen molar-refractivity contribution in [2.45, 2.75) is 25.4 Å². The van der Waals surface area contributed by atoms with Crippen LogP contribution in [0.1, 0.15) is 28.3 Å². The van der Waals surface area contributed by atoms with E-state index in [9.17, 15) is 4.79 Å². The molecule has 3 aromatic heterocycles. The first-order valence-electron chi connectivity index (χ1n) is 13.9. The minimum atomic E-state index is -0.451. The van der Waals surface area contributed by atoms with E-state index in [2.05, 4.69) is 67.2 Å². The van der Waals surface area contributed by atoms with E-state index in [1.807, 2.05) is 54.6 Å². The van der Waals surface area contributed by atoms with Gasteiger partial charge in [0.2, 0.25) is 11.9 Å². The van der Waals surface area contributed by atoms with Gasteiger partial charge < -0.3 is 20.5 Å². The number of fused-ring (bicyclic) bond motifs is 1. The van der Waals surface area contributed by atoms with Crippen LogP contribution in [0.4, 0.5) is 11.8 Å². The first-order valence-corrected chi connectivity index (χ1v) is 13.9. The second-order valence-electron chi connectivity index (χ2n) is 10.4. The zero-order chi connectivity index (χ0) is 27.6. The Kier molecular flexibility index (Phi) is 6.52. The van der Waals surface area contributed by atoms with Crippen LogP contribution in [0, 0.1) is 0 Å². The van der Waals surface area contributed by atoms with Crippen LogP contribution in [0.5, 0.6) is 0 Å². The van der Waals surface area contributed by atoms with E-state index in [4.69, 9.17) is 9.97 Å². The molecule has 0 bridgehead atoms. The van der Waals surface area contributed by atoms with Gasteiger partial charge >= 0.3 is 0 Å². The van der Waals surface area contributed by atoms with E-state index in [-0.39, 0.29) is 5.91 Å². The molecule has 1 aliphatic heterocycles. The van der Waals surface area contributed by atoms with Crippen molar-refractivity contribution in [1.29, 1.82) is 0 Å². The van der Waals surface area contributed by atoms with Gasteiger partial charge in [-0.2, -0.15) is 15.1 Å². The number of carbonyl (C=O) groups is 1. The van der Waals surface area contributed by atoms with Gasteiger partial charge in [-0.3, -0.25) is 9.89 Å². The van der Waals surface area contributed by atoms with Gasteiger partial charge in [-0.1, -0.05) is 78.9 Å². The number of aromatic amines is 2. The molecule has 204 valence electrons. The maximum Gasteiger partial charge on any atom is 0.231 e. The molecule has 1 aliphatic rings. The van der Waals surface area contributed by atoms with Gasteiger partial charge in [0.1, 0.15) is 11.7 Å². The van der Waals surface area contributed by atoms with Crippen LogP contribution in [-0.2, 0) is 24.3 Å². The Morgan fingerprint density at radius 2 is 1.68 bits per heavy atom. The lowest BCUT2D eigenvalue weighted by Gasteiger charge is -2.32. The van der Waals surface area contributed by atoms with Gasteiger partial charge in [0.25, 0.3) is 0 Å². The van der Waals surface area contributed by atoms with Crippen molar-refractivity contribution in [1.82, 2.24) is 30.5 Å². The molecule has 6 aromatic rings. The number of para-hydroxylation sites is 1. The Hall–Kier alpha value is -5.18. The maximum absolute atomic E-state index is 13.5. The Morgan fingerprint density at radius 1 is 0.927 bits per heavy atom. The highest BCUT2D eigenvalue weighted by Crippen LogP contribution is 2.37. The van der Waals surface area contributed by atoms with Crippen LogP contribution in [-0.4, -0.2) is 44.1 Å². The normalized spacial score (nSPS) is 14.4. The molecule has 9 heteroatoms. The van der Waals surface area contributed by atoms with Crippen LogP contribution in [0.15, 0.2) is 91.1 Å². The van der Waals surface area contributed by atoms with Gasteiger partial charge in [-0.05, 0) is 29.2 Å². The van der Waals surface area contributed by atoms with Crippen molar-refractivity contribution in [3.63, 3.8) is 0 Å². The summed E-state index contributed by atoms with van der Waals surface area (Å²) in [5, 5.41) is 16.2. The van der Waals surface area contributed by atoms with Gasteiger partial charge in [0, 0.05) is 43.3 Å². The zero-order valence-electron chi connectivity index (χ0n) is 22.5. The number of hydrogen-bond acceptors (Lipinski definition) is 6. The first-order chi connectivity index (χ1) is 20.2. The second-order valence-corrected chi connectivity index (χ2v) is 10.4. The summed E-state index contributed by atoms with van der Waals surface area (Å²) >= 11 is 0. The molecule has 3 aromatic carbocycles. The van der Waals surface area contributed by atoms with Gasteiger partial charge in [0.15, 0.2) is 5.65 Å². The molecule has 4 N–H and O–H groups in total. The fourth-order valence-electron chi connectivity index (χ4n) is 5.59. The number of hydrogen-bond donors (Lipinski definition) is 4. The SMILES string of the molecule is O=C(NCc1ccccc1)C1CN(Cc2ccccc2)c2nc(NCCc3c[nH]c4ccccc34)nc3[nH]nc1c23. The molecule has 7 rings (SSSR count). The van der Waals surface area contributed by atoms with Gasteiger partial charge in [0.05, 0.1) is 11.1 Å².